The van der Waals surface area contributed by atoms with Crippen LogP contribution in [0.4, 0.5) is 0 Å². The van der Waals surface area contributed by atoms with E-state index in [0.717, 1.165) is 4.31 Å². The van der Waals surface area contributed by atoms with Gasteiger partial charge in [0.05, 0.1) is 22.8 Å². The lowest BCUT2D eigenvalue weighted by Crippen LogP contribution is -2.27. The van der Waals surface area contributed by atoms with Crippen molar-refractivity contribution in [2.24, 2.45) is 0 Å². The van der Waals surface area contributed by atoms with Crippen molar-refractivity contribution in [3.8, 4) is 0 Å². The molecule has 0 spiro atoms. The molecule has 0 radical (unpaired) electrons. The Kier molecular flexibility index (Phi) is 6.87. The number of aryl methyl sites for hydroxylation is 1. The highest BCUT2D eigenvalue weighted by Crippen LogP contribution is 2.18. The zero-order valence-electron chi connectivity index (χ0n) is 16.2. The smallest absolute Gasteiger partial charge is 0.339 e. The highest BCUT2D eigenvalue weighted by Gasteiger charge is 2.21. The molecule has 2 aromatic rings. The summed E-state index contributed by atoms with van der Waals surface area (Å²) in [7, 11) is -0.739. The number of nitrogens with zero attached hydrogens (tertiary/aromatic N) is 2. The Labute approximate surface area is 164 Å². The average Bonchev–Trinajstić information content (AvgIpc) is 2.66. The van der Waals surface area contributed by atoms with Gasteiger partial charge in [0.25, 0.3) is 5.91 Å². The molecule has 1 aromatic heterocycles. The molecule has 0 aliphatic carbocycles. The Bertz CT molecular complexity index is 987. The standard InChI is InChI=1S/C19H23N3O5S/c1-5-27-19(24)15-10-11-16(21-13(15)2)18(23)20-12-14-8-6-7-9-17(14)28(25,26)22(3)4/h6-11H,5,12H2,1-4H3,(H,20,23). The maximum absolute atomic E-state index is 12.4. The predicted octanol–water partition coefficient (Wildman–Crippen LogP) is 1.75. The number of hydrogen-bond acceptors (Lipinski definition) is 6. The minimum Gasteiger partial charge on any atom is -0.462 e. The number of benzene rings is 1. The first kappa shape index (κ1) is 21.5. The third-order valence-corrected chi connectivity index (χ3v) is 5.90. The quantitative estimate of drug-likeness (QED) is 0.704. The maximum Gasteiger partial charge on any atom is 0.339 e. The van der Waals surface area contributed by atoms with E-state index < -0.39 is 21.9 Å². The van der Waals surface area contributed by atoms with Crippen LogP contribution < -0.4 is 5.32 Å². The molecule has 1 aromatic carbocycles. The second-order valence-electron chi connectivity index (χ2n) is 6.13. The van der Waals surface area contributed by atoms with Crippen LogP contribution in [0.2, 0.25) is 0 Å². The largest absolute Gasteiger partial charge is 0.462 e. The van der Waals surface area contributed by atoms with E-state index in [0.29, 0.717) is 16.8 Å². The van der Waals surface area contributed by atoms with E-state index in [1.165, 1.54) is 32.3 Å². The summed E-state index contributed by atoms with van der Waals surface area (Å²) in [5, 5.41) is 2.67. The summed E-state index contributed by atoms with van der Waals surface area (Å²) in [4.78, 5) is 28.5. The zero-order chi connectivity index (χ0) is 20.9. The van der Waals surface area contributed by atoms with Gasteiger partial charge in [-0.3, -0.25) is 4.79 Å². The number of carbonyl (C=O) groups excluding carboxylic acids is 2. The van der Waals surface area contributed by atoms with E-state index in [-0.39, 0.29) is 23.7 Å². The summed E-state index contributed by atoms with van der Waals surface area (Å²) >= 11 is 0. The first-order valence-corrected chi connectivity index (χ1v) is 10.1. The summed E-state index contributed by atoms with van der Waals surface area (Å²) in [6.07, 6.45) is 0. The number of amides is 1. The van der Waals surface area contributed by atoms with Gasteiger partial charge in [-0.2, -0.15) is 0 Å². The van der Waals surface area contributed by atoms with Crippen molar-refractivity contribution in [2.45, 2.75) is 25.3 Å². The normalized spacial score (nSPS) is 11.3. The fraction of sp³-hybridized carbons (Fsp3) is 0.316. The van der Waals surface area contributed by atoms with E-state index in [4.69, 9.17) is 4.74 Å². The van der Waals surface area contributed by atoms with Gasteiger partial charge in [-0.1, -0.05) is 18.2 Å². The van der Waals surface area contributed by atoms with Gasteiger partial charge in [-0.15, -0.1) is 0 Å². The highest BCUT2D eigenvalue weighted by atomic mass is 32.2. The van der Waals surface area contributed by atoms with Crippen molar-refractivity contribution in [2.75, 3.05) is 20.7 Å². The molecular weight excluding hydrogens is 382 g/mol. The molecule has 0 aliphatic heterocycles. The Morgan fingerprint density at radius 3 is 2.43 bits per heavy atom. The first-order chi connectivity index (χ1) is 13.2. The Morgan fingerprint density at radius 2 is 1.82 bits per heavy atom. The Balaban J connectivity index is 2.18. The molecule has 1 N–H and O–H groups in total. The van der Waals surface area contributed by atoms with Gasteiger partial charge in [0.15, 0.2) is 0 Å². The van der Waals surface area contributed by atoms with Crippen molar-refractivity contribution in [3.05, 3.63) is 58.9 Å². The molecule has 28 heavy (non-hydrogen) atoms. The molecule has 0 aliphatic rings. The zero-order valence-corrected chi connectivity index (χ0v) is 17.0. The third kappa shape index (κ3) is 4.73. The van der Waals surface area contributed by atoms with Crippen LogP contribution in [0.5, 0.6) is 0 Å². The lowest BCUT2D eigenvalue weighted by molar-refractivity contribution is 0.0524. The van der Waals surface area contributed by atoms with Crippen molar-refractivity contribution in [1.82, 2.24) is 14.6 Å². The predicted molar refractivity (Wildman–Crippen MR) is 103 cm³/mol. The van der Waals surface area contributed by atoms with Crippen molar-refractivity contribution in [3.63, 3.8) is 0 Å². The third-order valence-electron chi connectivity index (χ3n) is 3.98. The summed E-state index contributed by atoms with van der Waals surface area (Å²) in [6, 6.07) is 9.37. The number of aromatic nitrogens is 1. The number of carbonyl (C=O) groups is 2. The summed E-state index contributed by atoms with van der Waals surface area (Å²) in [5.41, 5.74) is 1.26. The van der Waals surface area contributed by atoms with E-state index in [2.05, 4.69) is 10.3 Å². The molecule has 0 saturated carbocycles. The SMILES string of the molecule is CCOC(=O)c1ccc(C(=O)NCc2ccccc2S(=O)(=O)N(C)C)nc1C. The molecule has 1 heterocycles. The number of rotatable bonds is 7. The number of esters is 1. The van der Waals surface area contributed by atoms with Crippen LogP contribution in [0.1, 0.15) is 39.0 Å². The number of pyridine rings is 1. The second kappa shape index (κ2) is 8.94. The van der Waals surface area contributed by atoms with Gasteiger partial charge in [0, 0.05) is 20.6 Å². The van der Waals surface area contributed by atoms with E-state index in [1.54, 1.807) is 32.0 Å². The summed E-state index contributed by atoms with van der Waals surface area (Å²) in [5.74, 6) is -0.974. The average molecular weight is 405 g/mol. The van der Waals surface area contributed by atoms with Crippen molar-refractivity contribution >= 4 is 21.9 Å². The fourth-order valence-corrected chi connectivity index (χ4v) is 3.59. The summed E-state index contributed by atoms with van der Waals surface area (Å²) < 4.78 is 30.9. The van der Waals surface area contributed by atoms with Gasteiger partial charge in [0.2, 0.25) is 10.0 Å². The van der Waals surface area contributed by atoms with Crippen LogP contribution in [0.3, 0.4) is 0 Å². The number of hydrogen-bond donors (Lipinski definition) is 1. The molecule has 0 saturated heterocycles. The van der Waals surface area contributed by atoms with Crippen molar-refractivity contribution < 1.29 is 22.7 Å². The molecule has 0 atom stereocenters. The van der Waals surface area contributed by atoms with Crippen LogP contribution in [-0.4, -0.2) is 50.3 Å². The number of ether oxygens (including phenoxy) is 1. The molecule has 1 amide bonds. The molecule has 0 bridgehead atoms. The molecule has 9 heteroatoms. The molecular formula is C19H23N3O5S. The summed E-state index contributed by atoms with van der Waals surface area (Å²) in [6.45, 7) is 3.58. The Hall–Kier alpha value is -2.78. The van der Waals surface area contributed by atoms with Crippen molar-refractivity contribution in [1.29, 1.82) is 0 Å². The number of sulfonamides is 1. The topological polar surface area (TPSA) is 106 Å². The van der Waals surface area contributed by atoms with Crippen LogP contribution >= 0.6 is 0 Å². The van der Waals surface area contributed by atoms with E-state index in [1.807, 2.05) is 0 Å². The van der Waals surface area contributed by atoms with Crippen LogP contribution in [0.15, 0.2) is 41.3 Å². The minimum absolute atomic E-state index is 0.0163. The fourth-order valence-electron chi connectivity index (χ4n) is 2.48. The maximum atomic E-state index is 12.4. The van der Waals surface area contributed by atoms with E-state index >= 15 is 0 Å². The van der Waals surface area contributed by atoms with Gasteiger partial charge in [-0.05, 0) is 37.6 Å². The first-order valence-electron chi connectivity index (χ1n) is 8.61. The minimum atomic E-state index is -3.63. The highest BCUT2D eigenvalue weighted by molar-refractivity contribution is 7.89. The van der Waals surface area contributed by atoms with E-state index in [9.17, 15) is 18.0 Å². The Morgan fingerprint density at radius 1 is 1.14 bits per heavy atom. The second-order valence-corrected chi connectivity index (χ2v) is 8.25. The lowest BCUT2D eigenvalue weighted by Gasteiger charge is -2.15. The molecule has 2 rings (SSSR count). The van der Waals surface area contributed by atoms with Crippen LogP contribution in [0, 0.1) is 6.92 Å². The molecule has 0 unspecified atom stereocenters. The van der Waals surface area contributed by atoms with Gasteiger partial charge in [-0.25, -0.2) is 22.5 Å². The molecule has 8 nitrogen and oxygen atoms in total. The molecule has 150 valence electrons. The van der Waals surface area contributed by atoms with Gasteiger partial charge >= 0.3 is 5.97 Å². The monoisotopic (exact) mass is 405 g/mol. The number of nitrogens with one attached hydrogen (secondary N) is 1. The lowest BCUT2D eigenvalue weighted by atomic mass is 10.1. The van der Waals surface area contributed by atoms with Crippen LogP contribution in [-0.2, 0) is 21.3 Å². The molecule has 0 fully saturated rings. The van der Waals surface area contributed by atoms with Gasteiger partial charge in [0.1, 0.15) is 5.69 Å². The van der Waals surface area contributed by atoms with Gasteiger partial charge < -0.3 is 10.1 Å². The van der Waals surface area contributed by atoms with Crippen LogP contribution in [0.25, 0.3) is 0 Å².